The van der Waals surface area contributed by atoms with Gasteiger partial charge in [-0.05, 0) is 33.0 Å². The number of aromatic nitrogens is 1. The van der Waals surface area contributed by atoms with Crippen molar-refractivity contribution in [3.63, 3.8) is 0 Å². The highest BCUT2D eigenvalue weighted by atomic mass is 32.1. The number of aryl methyl sites for hydroxylation is 1. The maximum Gasteiger partial charge on any atom is 0.0892 e. The zero-order valence-corrected chi connectivity index (χ0v) is 14.9. The van der Waals surface area contributed by atoms with E-state index in [1.54, 1.807) is 11.3 Å². The summed E-state index contributed by atoms with van der Waals surface area (Å²) in [5.41, 5.74) is 3.91. The van der Waals surface area contributed by atoms with E-state index >= 15 is 0 Å². The van der Waals surface area contributed by atoms with Crippen LogP contribution in [0, 0.1) is 6.92 Å². The van der Waals surface area contributed by atoms with E-state index < -0.39 is 6.10 Å². The number of rotatable bonds is 4. The molecule has 23 heavy (non-hydrogen) atoms. The quantitative estimate of drug-likeness (QED) is 0.934. The second-order valence-corrected chi connectivity index (χ2v) is 7.49. The molecule has 2 heterocycles. The lowest BCUT2D eigenvalue weighted by atomic mass is 9.77. The van der Waals surface area contributed by atoms with Crippen LogP contribution in [0.5, 0.6) is 0 Å². The van der Waals surface area contributed by atoms with Crippen molar-refractivity contribution in [2.45, 2.75) is 31.5 Å². The van der Waals surface area contributed by atoms with Gasteiger partial charge in [0.2, 0.25) is 0 Å². The molecule has 0 amide bonds. The minimum Gasteiger partial charge on any atom is -0.389 e. The van der Waals surface area contributed by atoms with Crippen molar-refractivity contribution in [3.8, 4) is 0 Å². The molecule has 0 saturated carbocycles. The van der Waals surface area contributed by atoms with Crippen LogP contribution >= 0.6 is 11.3 Å². The van der Waals surface area contributed by atoms with Crippen molar-refractivity contribution < 1.29 is 5.11 Å². The summed E-state index contributed by atoms with van der Waals surface area (Å²) in [6, 6.07) is 10.4. The van der Waals surface area contributed by atoms with Gasteiger partial charge in [-0.3, -0.25) is 9.80 Å². The molecule has 1 aliphatic heterocycles. The molecule has 1 fully saturated rings. The number of likely N-dealkylation sites (tertiary alicyclic amines) is 1. The van der Waals surface area contributed by atoms with Gasteiger partial charge in [0.1, 0.15) is 0 Å². The molecule has 2 atom stereocenters. The van der Waals surface area contributed by atoms with Crippen LogP contribution in [-0.4, -0.2) is 53.2 Å². The highest BCUT2D eigenvalue weighted by Crippen LogP contribution is 2.38. The minimum atomic E-state index is -0.415. The molecule has 1 saturated heterocycles. The second-order valence-electron chi connectivity index (χ2n) is 6.55. The van der Waals surface area contributed by atoms with Crippen molar-refractivity contribution in [3.05, 3.63) is 52.0 Å². The van der Waals surface area contributed by atoms with Crippen LogP contribution < -0.4 is 0 Å². The highest BCUT2D eigenvalue weighted by Gasteiger charge is 2.45. The largest absolute Gasteiger partial charge is 0.389 e. The first-order valence-corrected chi connectivity index (χ1v) is 8.94. The standard InChI is InChI=1S/C18H25N3OS/c1-14-16(23-13-19-14)11-21-10-9-18(20(2)3,17(22)12-21)15-7-5-4-6-8-15/h4-8,13,17,22H,9-12H2,1-3H3/t17-,18+/m1/s1. The molecular weight excluding hydrogens is 306 g/mol. The summed E-state index contributed by atoms with van der Waals surface area (Å²) >= 11 is 1.70. The van der Waals surface area contributed by atoms with E-state index in [9.17, 15) is 5.11 Å². The Bertz CT molecular complexity index is 643. The third kappa shape index (κ3) is 3.06. The van der Waals surface area contributed by atoms with Gasteiger partial charge >= 0.3 is 0 Å². The summed E-state index contributed by atoms with van der Waals surface area (Å²) in [6.45, 7) is 4.60. The average Bonchev–Trinajstić information content (AvgIpc) is 2.93. The Labute approximate surface area is 142 Å². The van der Waals surface area contributed by atoms with Crippen molar-refractivity contribution in [1.82, 2.24) is 14.8 Å². The first-order valence-electron chi connectivity index (χ1n) is 8.06. The van der Waals surface area contributed by atoms with Crippen molar-refractivity contribution in [2.24, 2.45) is 0 Å². The summed E-state index contributed by atoms with van der Waals surface area (Å²) in [6.07, 6.45) is 0.505. The van der Waals surface area contributed by atoms with E-state index in [1.807, 2.05) is 11.6 Å². The fourth-order valence-corrected chi connectivity index (χ4v) is 4.47. The normalized spacial score (nSPS) is 25.9. The molecule has 1 aliphatic rings. The van der Waals surface area contributed by atoms with E-state index in [2.05, 4.69) is 60.1 Å². The molecular formula is C18H25N3OS. The molecule has 5 heteroatoms. The summed E-state index contributed by atoms with van der Waals surface area (Å²) in [5.74, 6) is 0. The number of hydrogen-bond donors (Lipinski definition) is 1. The molecule has 124 valence electrons. The van der Waals surface area contributed by atoms with Gasteiger partial charge in [-0.25, -0.2) is 4.98 Å². The minimum absolute atomic E-state index is 0.305. The molecule has 2 aromatic rings. The number of aliphatic hydroxyl groups is 1. The van der Waals surface area contributed by atoms with Gasteiger partial charge in [0.25, 0.3) is 0 Å². The number of hydrogen-bond acceptors (Lipinski definition) is 5. The lowest BCUT2D eigenvalue weighted by Crippen LogP contribution is -2.59. The molecule has 0 radical (unpaired) electrons. The summed E-state index contributed by atoms with van der Waals surface area (Å²) in [7, 11) is 4.14. The first-order chi connectivity index (χ1) is 11.0. The number of benzene rings is 1. The molecule has 3 rings (SSSR count). The smallest absolute Gasteiger partial charge is 0.0892 e. The number of nitrogens with zero attached hydrogens (tertiary/aromatic N) is 3. The molecule has 0 spiro atoms. The Morgan fingerprint density at radius 3 is 2.65 bits per heavy atom. The Kier molecular flexibility index (Phi) is 4.82. The van der Waals surface area contributed by atoms with Crippen molar-refractivity contribution in [2.75, 3.05) is 27.2 Å². The van der Waals surface area contributed by atoms with Crippen molar-refractivity contribution in [1.29, 1.82) is 0 Å². The van der Waals surface area contributed by atoms with Gasteiger partial charge in [0, 0.05) is 24.5 Å². The third-order valence-corrected chi connectivity index (χ3v) is 6.00. The molecule has 0 bridgehead atoms. The van der Waals surface area contributed by atoms with Crippen LogP contribution in [0.2, 0.25) is 0 Å². The van der Waals surface area contributed by atoms with E-state index in [4.69, 9.17) is 0 Å². The maximum atomic E-state index is 11.0. The van der Waals surface area contributed by atoms with Crippen LogP contribution in [-0.2, 0) is 12.1 Å². The predicted octanol–water partition coefficient (Wildman–Crippen LogP) is 2.48. The zero-order valence-electron chi connectivity index (χ0n) is 14.1. The van der Waals surface area contributed by atoms with Crippen molar-refractivity contribution >= 4 is 11.3 Å². The van der Waals surface area contributed by atoms with Gasteiger partial charge in [-0.2, -0.15) is 0 Å². The van der Waals surface area contributed by atoms with Gasteiger partial charge in [0.15, 0.2) is 0 Å². The van der Waals surface area contributed by atoms with Gasteiger partial charge in [-0.1, -0.05) is 30.3 Å². The van der Waals surface area contributed by atoms with E-state index in [-0.39, 0.29) is 5.54 Å². The van der Waals surface area contributed by atoms with Crippen LogP contribution in [0.4, 0.5) is 0 Å². The summed E-state index contributed by atoms with van der Waals surface area (Å²) in [4.78, 5) is 10.2. The Hall–Kier alpha value is -1.27. The predicted molar refractivity (Wildman–Crippen MR) is 94.6 cm³/mol. The van der Waals surface area contributed by atoms with Crippen LogP contribution in [0.25, 0.3) is 0 Å². The third-order valence-electron chi connectivity index (χ3n) is 5.08. The number of thiazole rings is 1. The van der Waals surface area contributed by atoms with Crippen LogP contribution in [0.15, 0.2) is 35.8 Å². The molecule has 1 aromatic heterocycles. The average molecular weight is 331 g/mol. The Morgan fingerprint density at radius 1 is 1.35 bits per heavy atom. The molecule has 1 aromatic carbocycles. The van der Waals surface area contributed by atoms with E-state index in [0.717, 1.165) is 25.2 Å². The maximum absolute atomic E-state index is 11.0. The van der Waals surface area contributed by atoms with Crippen LogP contribution in [0.3, 0.4) is 0 Å². The first kappa shape index (κ1) is 16.6. The van der Waals surface area contributed by atoms with E-state index in [1.165, 1.54) is 10.4 Å². The number of β-amino-alcohol motifs (C(OH)–C–C–N with tert-alkyl or cyclic N) is 1. The second kappa shape index (κ2) is 6.69. The monoisotopic (exact) mass is 331 g/mol. The highest BCUT2D eigenvalue weighted by molar-refractivity contribution is 7.09. The SMILES string of the molecule is Cc1ncsc1CN1CC[C@@](c2ccccc2)(N(C)C)[C@H](O)C1. The van der Waals surface area contributed by atoms with Gasteiger partial charge < -0.3 is 5.11 Å². The fraction of sp³-hybridized carbons (Fsp3) is 0.500. The lowest BCUT2D eigenvalue weighted by molar-refractivity contribution is -0.0701. The van der Waals surface area contributed by atoms with Crippen LogP contribution in [0.1, 0.15) is 22.6 Å². The number of piperidine rings is 1. The topological polar surface area (TPSA) is 39.6 Å². The van der Waals surface area contributed by atoms with E-state index in [0.29, 0.717) is 6.54 Å². The number of aliphatic hydroxyl groups excluding tert-OH is 1. The number of likely N-dealkylation sites (N-methyl/N-ethyl adjacent to an activating group) is 1. The molecule has 1 N–H and O–H groups in total. The summed E-state index contributed by atoms with van der Waals surface area (Å²) in [5, 5.41) is 11.0. The summed E-state index contributed by atoms with van der Waals surface area (Å²) < 4.78 is 0. The molecule has 0 unspecified atom stereocenters. The van der Waals surface area contributed by atoms with Gasteiger partial charge in [0.05, 0.1) is 22.8 Å². The Morgan fingerprint density at radius 2 is 2.09 bits per heavy atom. The molecule has 0 aliphatic carbocycles. The lowest BCUT2D eigenvalue weighted by Gasteiger charge is -2.49. The molecule has 4 nitrogen and oxygen atoms in total. The van der Waals surface area contributed by atoms with Gasteiger partial charge in [-0.15, -0.1) is 11.3 Å². The zero-order chi connectivity index (χ0) is 16.4. The fourth-order valence-electron chi connectivity index (χ4n) is 3.65. The Balaban J connectivity index is 1.80.